The van der Waals surface area contributed by atoms with E-state index in [1.807, 2.05) is 18.3 Å². The van der Waals surface area contributed by atoms with Crippen LogP contribution in [0.4, 0.5) is 0 Å². The molecule has 0 aliphatic carbocycles. The first-order valence-electron chi connectivity index (χ1n) is 6.23. The summed E-state index contributed by atoms with van der Waals surface area (Å²) in [5.74, 6) is -1.00. The molecule has 1 N–H and O–H groups in total. The fourth-order valence-electron chi connectivity index (χ4n) is 2.24. The minimum atomic E-state index is -1.00. The Balaban J connectivity index is 1.82. The molecule has 0 atom stereocenters. The SMILES string of the molecule is O=C(O)c1cn2ccc(CN3CCOCC3)cc2n1. The molecule has 0 amide bonds. The zero-order chi connectivity index (χ0) is 13.2. The van der Waals surface area contributed by atoms with Crippen LogP contribution in [-0.2, 0) is 11.3 Å². The molecule has 0 aromatic carbocycles. The van der Waals surface area contributed by atoms with Crippen molar-refractivity contribution < 1.29 is 14.6 Å². The van der Waals surface area contributed by atoms with E-state index in [9.17, 15) is 4.79 Å². The quantitative estimate of drug-likeness (QED) is 0.887. The number of aromatic carboxylic acids is 1. The number of aromatic nitrogens is 2. The Morgan fingerprint density at radius 3 is 2.95 bits per heavy atom. The molecule has 0 radical (unpaired) electrons. The molecular weight excluding hydrogens is 246 g/mol. The van der Waals surface area contributed by atoms with Gasteiger partial charge in [0.25, 0.3) is 0 Å². The molecule has 2 aromatic rings. The number of hydrogen-bond acceptors (Lipinski definition) is 4. The first-order chi connectivity index (χ1) is 9.22. The van der Waals surface area contributed by atoms with Crippen LogP contribution in [0.5, 0.6) is 0 Å². The summed E-state index contributed by atoms with van der Waals surface area (Å²) < 4.78 is 7.04. The zero-order valence-electron chi connectivity index (χ0n) is 10.5. The average Bonchev–Trinajstić information content (AvgIpc) is 2.83. The van der Waals surface area contributed by atoms with Gasteiger partial charge in [-0.3, -0.25) is 4.90 Å². The smallest absolute Gasteiger partial charge is 0.356 e. The molecule has 1 saturated heterocycles. The molecule has 0 spiro atoms. The second-order valence-electron chi connectivity index (χ2n) is 4.62. The third kappa shape index (κ3) is 2.59. The summed E-state index contributed by atoms with van der Waals surface area (Å²) >= 11 is 0. The summed E-state index contributed by atoms with van der Waals surface area (Å²) in [6.07, 6.45) is 3.38. The van der Waals surface area contributed by atoms with Crippen molar-refractivity contribution in [2.24, 2.45) is 0 Å². The number of carboxylic acids is 1. The van der Waals surface area contributed by atoms with Crippen LogP contribution in [0.1, 0.15) is 16.1 Å². The first-order valence-corrected chi connectivity index (χ1v) is 6.23. The summed E-state index contributed by atoms with van der Waals surface area (Å²) in [5.41, 5.74) is 1.88. The van der Waals surface area contributed by atoms with Crippen molar-refractivity contribution in [1.82, 2.24) is 14.3 Å². The second-order valence-corrected chi connectivity index (χ2v) is 4.62. The highest BCUT2D eigenvalue weighted by Gasteiger charge is 2.12. The van der Waals surface area contributed by atoms with Crippen LogP contribution >= 0.6 is 0 Å². The number of fused-ring (bicyclic) bond motifs is 1. The van der Waals surface area contributed by atoms with Gasteiger partial charge in [0.05, 0.1) is 13.2 Å². The van der Waals surface area contributed by atoms with Crippen molar-refractivity contribution in [3.63, 3.8) is 0 Å². The fourth-order valence-corrected chi connectivity index (χ4v) is 2.24. The van der Waals surface area contributed by atoms with Gasteiger partial charge in [0, 0.05) is 32.0 Å². The van der Waals surface area contributed by atoms with Crippen LogP contribution in [0.3, 0.4) is 0 Å². The first kappa shape index (κ1) is 12.1. The lowest BCUT2D eigenvalue weighted by molar-refractivity contribution is 0.0342. The van der Waals surface area contributed by atoms with E-state index in [-0.39, 0.29) is 5.69 Å². The van der Waals surface area contributed by atoms with Crippen LogP contribution in [-0.4, -0.2) is 51.7 Å². The van der Waals surface area contributed by atoms with Gasteiger partial charge in [-0.2, -0.15) is 0 Å². The highest BCUT2D eigenvalue weighted by atomic mass is 16.5. The molecule has 0 unspecified atom stereocenters. The zero-order valence-corrected chi connectivity index (χ0v) is 10.5. The maximum atomic E-state index is 10.9. The predicted molar refractivity (Wildman–Crippen MR) is 68.2 cm³/mol. The summed E-state index contributed by atoms with van der Waals surface area (Å²) in [5, 5.41) is 8.92. The number of hydrogen-bond donors (Lipinski definition) is 1. The van der Waals surface area contributed by atoms with E-state index in [0.717, 1.165) is 38.4 Å². The molecule has 100 valence electrons. The standard InChI is InChI=1S/C13H15N3O3/c17-13(18)11-9-16-2-1-10(7-12(16)14-11)8-15-3-5-19-6-4-15/h1-2,7,9H,3-6,8H2,(H,17,18). The molecule has 1 aliphatic rings. The van der Waals surface area contributed by atoms with Crippen molar-refractivity contribution in [2.75, 3.05) is 26.3 Å². The lowest BCUT2D eigenvalue weighted by Crippen LogP contribution is -2.35. The molecule has 1 fully saturated rings. The highest BCUT2D eigenvalue weighted by Crippen LogP contribution is 2.11. The molecule has 0 bridgehead atoms. The van der Waals surface area contributed by atoms with Crippen molar-refractivity contribution >= 4 is 11.6 Å². The number of carbonyl (C=O) groups is 1. The Morgan fingerprint density at radius 1 is 1.42 bits per heavy atom. The van der Waals surface area contributed by atoms with Crippen molar-refractivity contribution in [3.8, 4) is 0 Å². The number of morpholine rings is 1. The topological polar surface area (TPSA) is 67.1 Å². The van der Waals surface area contributed by atoms with Crippen molar-refractivity contribution in [3.05, 3.63) is 35.8 Å². The summed E-state index contributed by atoms with van der Waals surface area (Å²) in [6, 6.07) is 3.93. The Kier molecular flexibility index (Phi) is 3.18. The van der Waals surface area contributed by atoms with E-state index in [1.54, 1.807) is 4.40 Å². The van der Waals surface area contributed by atoms with Crippen LogP contribution in [0.15, 0.2) is 24.5 Å². The number of rotatable bonds is 3. The van der Waals surface area contributed by atoms with E-state index in [2.05, 4.69) is 9.88 Å². The Hall–Kier alpha value is -1.92. The number of ether oxygens (including phenoxy) is 1. The molecule has 19 heavy (non-hydrogen) atoms. The average molecular weight is 261 g/mol. The normalized spacial score (nSPS) is 16.8. The van der Waals surface area contributed by atoms with E-state index in [4.69, 9.17) is 9.84 Å². The minimum Gasteiger partial charge on any atom is -0.476 e. The summed E-state index contributed by atoms with van der Waals surface area (Å²) in [4.78, 5) is 17.3. The van der Waals surface area contributed by atoms with Gasteiger partial charge < -0.3 is 14.2 Å². The third-order valence-electron chi connectivity index (χ3n) is 3.25. The summed E-state index contributed by atoms with van der Waals surface area (Å²) in [7, 11) is 0. The molecule has 2 aromatic heterocycles. The molecule has 3 heterocycles. The molecule has 6 nitrogen and oxygen atoms in total. The minimum absolute atomic E-state index is 0.0727. The number of nitrogens with zero attached hydrogens (tertiary/aromatic N) is 3. The molecule has 6 heteroatoms. The van der Waals surface area contributed by atoms with Crippen molar-refractivity contribution in [2.45, 2.75) is 6.54 Å². The van der Waals surface area contributed by atoms with E-state index in [0.29, 0.717) is 5.65 Å². The lowest BCUT2D eigenvalue weighted by Gasteiger charge is -2.26. The number of imidazole rings is 1. The summed E-state index contributed by atoms with van der Waals surface area (Å²) in [6.45, 7) is 4.25. The van der Waals surface area contributed by atoms with Gasteiger partial charge in [-0.25, -0.2) is 9.78 Å². The van der Waals surface area contributed by atoms with Gasteiger partial charge >= 0.3 is 5.97 Å². The predicted octanol–water partition coefficient (Wildman–Crippen LogP) is 0.865. The second kappa shape index (κ2) is 4.99. The Morgan fingerprint density at radius 2 is 2.21 bits per heavy atom. The fraction of sp³-hybridized carbons (Fsp3) is 0.385. The Labute approximate surface area is 110 Å². The van der Waals surface area contributed by atoms with Gasteiger partial charge in [0.1, 0.15) is 5.65 Å². The van der Waals surface area contributed by atoms with Crippen molar-refractivity contribution in [1.29, 1.82) is 0 Å². The molecule has 1 aliphatic heterocycles. The van der Waals surface area contributed by atoms with Gasteiger partial charge in [-0.05, 0) is 17.7 Å². The van der Waals surface area contributed by atoms with E-state index in [1.165, 1.54) is 6.20 Å². The highest BCUT2D eigenvalue weighted by molar-refractivity contribution is 5.86. The number of carboxylic acid groups (broad SMARTS) is 1. The van der Waals surface area contributed by atoms with E-state index >= 15 is 0 Å². The molecular formula is C13H15N3O3. The van der Waals surface area contributed by atoms with Crippen LogP contribution in [0, 0.1) is 0 Å². The van der Waals surface area contributed by atoms with Gasteiger partial charge in [-0.15, -0.1) is 0 Å². The lowest BCUT2D eigenvalue weighted by atomic mass is 10.2. The van der Waals surface area contributed by atoms with E-state index < -0.39 is 5.97 Å². The van der Waals surface area contributed by atoms with Gasteiger partial charge in [0.15, 0.2) is 5.69 Å². The maximum absolute atomic E-state index is 10.9. The van der Waals surface area contributed by atoms with Crippen LogP contribution < -0.4 is 0 Å². The largest absolute Gasteiger partial charge is 0.476 e. The van der Waals surface area contributed by atoms with Crippen LogP contribution in [0.25, 0.3) is 5.65 Å². The third-order valence-corrected chi connectivity index (χ3v) is 3.25. The van der Waals surface area contributed by atoms with Gasteiger partial charge in [0.2, 0.25) is 0 Å². The Bertz CT molecular complexity index is 602. The molecule has 3 rings (SSSR count). The van der Waals surface area contributed by atoms with Crippen LogP contribution in [0.2, 0.25) is 0 Å². The van der Waals surface area contributed by atoms with Gasteiger partial charge in [-0.1, -0.05) is 0 Å². The number of pyridine rings is 1. The maximum Gasteiger partial charge on any atom is 0.356 e. The monoisotopic (exact) mass is 261 g/mol. The molecule has 0 saturated carbocycles.